The number of rotatable bonds is 8. The molecular formula is C26H25N3O7. The molecule has 2 amide bonds. The first-order valence-corrected chi connectivity index (χ1v) is 10.9. The highest BCUT2D eigenvalue weighted by Gasteiger charge is 2.25. The first-order valence-electron chi connectivity index (χ1n) is 10.9. The second-order valence-corrected chi connectivity index (χ2v) is 7.81. The van der Waals surface area contributed by atoms with Gasteiger partial charge in [0, 0.05) is 31.1 Å². The Morgan fingerprint density at radius 1 is 1.00 bits per heavy atom. The molecule has 3 aromatic rings. The highest BCUT2D eigenvalue weighted by atomic mass is 16.5. The Kier molecular flexibility index (Phi) is 8.00. The van der Waals surface area contributed by atoms with E-state index in [1.807, 2.05) is 18.2 Å². The number of aromatic nitrogens is 1. The third-order valence-corrected chi connectivity index (χ3v) is 5.26. The van der Waals surface area contributed by atoms with Gasteiger partial charge in [-0.1, -0.05) is 30.8 Å². The number of fused-ring (bicyclic) bond motifs is 1. The number of nitrogens with one attached hydrogen (secondary N) is 2. The van der Waals surface area contributed by atoms with E-state index in [2.05, 4.69) is 21.9 Å². The van der Waals surface area contributed by atoms with Crippen molar-refractivity contribution in [3.05, 3.63) is 71.7 Å². The molecule has 0 aliphatic rings. The van der Waals surface area contributed by atoms with E-state index in [0.29, 0.717) is 16.5 Å². The number of nitrogens with zero attached hydrogens (tertiary/aromatic N) is 1. The van der Waals surface area contributed by atoms with Crippen LogP contribution >= 0.6 is 0 Å². The number of carbonyl (C=O) groups is 4. The Bertz CT molecular complexity index is 1410. The standard InChI is InChI=1S/C26H25N3O7/c1-15(24(32)28-23(26(34)35-4)14-36-17(3)31)29-13-12-21-20(6-5-7-22(21)25(29)33)18-8-10-19(11-9-18)27-16(2)30/h5-13,23H,1,14H2,2-4H3,(H,27,30)(H,28,32)/t23-/m0/s1. The van der Waals surface area contributed by atoms with Crippen LogP contribution in [0.25, 0.3) is 27.6 Å². The highest BCUT2D eigenvalue weighted by Crippen LogP contribution is 2.28. The highest BCUT2D eigenvalue weighted by molar-refractivity contribution is 6.14. The van der Waals surface area contributed by atoms with Crippen LogP contribution in [-0.2, 0) is 28.7 Å². The summed E-state index contributed by atoms with van der Waals surface area (Å²) in [6.45, 7) is 5.85. The zero-order chi connectivity index (χ0) is 26.4. The first-order chi connectivity index (χ1) is 17.1. The number of ether oxygens (including phenoxy) is 2. The molecule has 2 aromatic carbocycles. The number of amides is 2. The number of anilines is 1. The summed E-state index contributed by atoms with van der Waals surface area (Å²) in [4.78, 5) is 60.3. The molecule has 0 bridgehead atoms. The third kappa shape index (κ3) is 5.84. The van der Waals surface area contributed by atoms with E-state index in [-0.39, 0.29) is 11.6 Å². The van der Waals surface area contributed by atoms with Crippen LogP contribution in [-0.4, -0.2) is 48.1 Å². The lowest BCUT2D eigenvalue weighted by atomic mass is 9.99. The third-order valence-electron chi connectivity index (χ3n) is 5.26. The second-order valence-electron chi connectivity index (χ2n) is 7.81. The van der Waals surface area contributed by atoms with Gasteiger partial charge >= 0.3 is 11.9 Å². The van der Waals surface area contributed by atoms with Gasteiger partial charge < -0.3 is 20.1 Å². The number of hydrogen-bond donors (Lipinski definition) is 2. The summed E-state index contributed by atoms with van der Waals surface area (Å²) in [5, 5.41) is 6.08. The number of hydrogen-bond acceptors (Lipinski definition) is 7. The van der Waals surface area contributed by atoms with Crippen LogP contribution in [0, 0.1) is 0 Å². The smallest absolute Gasteiger partial charge is 0.331 e. The van der Waals surface area contributed by atoms with Crippen molar-refractivity contribution in [3.63, 3.8) is 0 Å². The van der Waals surface area contributed by atoms with E-state index in [0.717, 1.165) is 29.7 Å². The molecule has 0 saturated heterocycles. The molecule has 3 rings (SSSR count). The molecule has 10 nitrogen and oxygen atoms in total. The topological polar surface area (TPSA) is 133 Å². The monoisotopic (exact) mass is 491 g/mol. The molecule has 0 unspecified atom stereocenters. The molecule has 36 heavy (non-hydrogen) atoms. The van der Waals surface area contributed by atoms with Gasteiger partial charge in [0.1, 0.15) is 12.3 Å². The van der Waals surface area contributed by atoms with Crippen molar-refractivity contribution >= 4 is 45.9 Å². The maximum absolute atomic E-state index is 13.2. The van der Waals surface area contributed by atoms with Crippen LogP contribution in [0.4, 0.5) is 5.69 Å². The van der Waals surface area contributed by atoms with Gasteiger partial charge in [0.25, 0.3) is 11.5 Å². The van der Waals surface area contributed by atoms with E-state index >= 15 is 0 Å². The van der Waals surface area contributed by atoms with E-state index in [4.69, 9.17) is 4.74 Å². The van der Waals surface area contributed by atoms with Crippen molar-refractivity contribution in [1.29, 1.82) is 0 Å². The van der Waals surface area contributed by atoms with Gasteiger partial charge in [-0.15, -0.1) is 0 Å². The van der Waals surface area contributed by atoms with Crippen molar-refractivity contribution in [1.82, 2.24) is 9.88 Å². The molecule has 0 aliphatic carbocycles. The number of carbonyl (C=O) groups excluding carboxylic acids is 4. The van der Waals surface area contributed by atoms with Gasteiger partial charge in [-0.2, -0.15) is 0 Å². The minimum atomic E-state index is -1.27. The summed E-state index contributed by atoms with van der Waals surface area (Å²) in [5.41, 5.74) is 1.54. The molecule has 0 spiro atoms. The molecular weight excluding hydrogens is 466 g/mol. The number of esters is 2. The van der Waals surface area contributed by atoms with Crippen LogP contribution in [0.3, 0.4) is 0 Å². The summed E-state index contributed by atoms with van der Waals surface area (Å²) in [6.07, 6.45) is 1.42. The lowest BCUT2D eigenvalue weighted by Gasteiger charge is -2.18. The van der Waals surface area contributed by atoms with Crippen LogP contribution < -0.4 is 16.2 Å². The molecule has 1 aromatic heterocycles. The summed E-state index contributed by atoms with van der Waals surface area (Å²) >= 11 is 0. The second kappa shape index (κ2) is 11.1. The van der Waals surface area contributed by atoms with Crippen molar-refractivity contribution in [2.45, 2.75) is 19.9 Å². The van der Waals surface area contributed by atoms with E-state index < -0.39 is 36.1 Å². The van der Waals surface area contributed by atoms with Crippen molar-refractivity contribution in [2.75, 3.05) is 19.0 Å². The molecule has 2 N–H and O–H groups in total. The van der Waals surface area contributed by atoms with E-state index in [9.17, 15) is 24.0 Å². The Balaban J connectivity index is 1.91. The quantitative estimate of drug-likeness (QED) is 0.365. The molecule has 10 heteroatoms. The van der Waals surface area contributed by atoms with E-state index in [1.54, 1.807) is 30.3 Å². The van der Waals surface area contributed by atoms with Crippen LogP contribution in [0.1, 0.15) is 13.8 Å². The SMILES string of the molecule is C=C(C(=O)N[C@@H](COC(C)=O)C(=O)OC)n1ccc2c(-c3ccc(NC(C)=O)cc3)cccc2c1=O. The zero-order valence-electron chi connectivity index (χ0n) is 20.0. The maximum atomic E-state index is 13.2. The lowest BCUT2D eigenvalue weighted by Crippen LogP contribution is -2.46. The van der Waals surface area contributed by atoms with E-state index in [1.165, 1.54) is 13.1 Å². The fourth-order valence-electron chi connectivity index (χ4n) is 3.54. The summed E-state index contributed by atoms with van der Waals surface area (Å²) in [7, 11) is 1.13. The Hall–Kier alpha value is -4.73. The average molecular weight is 492 g/mol. The van der Waals surface area contributed by atoms with Gasteiger partial charge in [-0.05, 0) is 40.8 Å². The Morgan fingerprint density at radius 2 is 1.69 bits per heavy atom. The summed E-state index contributed by atoms with van der Waals surface area (Å²) in [6, 6.07) is 12.8. The predicted molar refractivity (Wildman–Crippen MR) is 134 cm³/mol. The Labute approximate surface area is 206 Å². The molecule has 0 saturated carbocycles. The molecule has 0 radical (unpaired) electrons. The van der Waals surface area contributed by atoms with Gasteiger partial charge in [-0.25, -0.2) is 4.79 Å². The summed E-state index contributed by atoms with van der Waals surface area (Å²) in [5.74, 6) is -2.45. The van der Waals surface area contributed by atoms with Crippen LogP contribution in [0.15, 0.2) is 66.1 Å². The largest absolute Gasteiger partial charge is 0.467 e. The molecule has 0 aliphatic heterocycles. The van der Waals surface area contributed by atoms with Gasteiger partial charge in [0.15, 0.2) is 6.04 Å². The molecule has 0 fully saturated rings. The maximum Gasteiger partial charge on any atom is 0.331 e. The van der Waals surface area contributed by atoms with Crippen LogP contribution in [0.5, 0.6) is 0 Å². The van der Waals surface area contributed by atoms with Gasteiger partial charge in [-0.3, -0.25) is 23.7 Å². The van der Waals surface area contributed by atoms with Crippen LogP contribution in [0.2, 0.25) is 0 Å². The zero-order valence-corrected chi connectivity index (χ0v) is 20.0. The molecule has 186 valence electrons. The fraction of sp³-hybridized carbons (Fsp3) is 0.192. The lowest BCUT2D eigenvalue weighted by molar-refractivity contribution is -0.150. The van der Waals surface area contributed by atoms with Crippen molar-refractivity contribution < 1.29 is 28.7 Å². The average Bonchev–Trinajstić information content (AvgIpc) is 2.85. The predicted octanol–water partition coefficient (Wildman–Crippen LogP) is 2.32. The molecule has 1 heterocycles. The normalized spacial score (nSPS) is 11.3. The fourth-order valence-corrected chi connectivity index (χ4v) is 3.54. The summed E-state index contributed by atoms with van der Waals surface area (Å²) < 4.78 is 10.5. The first kappa shape index (κ1) is 25.9. The van der Waals surface area contributed by atoms with Crippen molar-refractivity contribution in [2.24, 2.45) is 0 Å². The number of benzene rings is 2. The van der Waals surface area contributed by atoms with Gasteiger partial charge in [0.2, 0.25) is 5.91 Å². The number of methoxy groups -OCH3 is 1. The van der Waals surface area contributed by atoms with Crippen molar-refractivity contribution in [3.8, 4) is 11.1 Å². The molecule has 1 atom stereocenters. The minimum absolute atomic E-state index is 0.179. The van der Waals surface area contributed by atoms with Gasteiger partial charge in [0.05, 0.1) is 7.11 Å². The number of pyridine rings is 1. The Morgan fingerprint density at radius 3 is 2.31 bits per heavy atom. The minimum Gasteiger partial charge on any atom is -0.467 e.